The van der Waals surface area contributed by atoms with E-state index in [1.54, 1.807) is 4.90 Å². The van der Waals surface area contributed by atoms with Crippen molar-refractivity contribution in [2.45, 2.75) is 31.8 Å². The Bertz CT molecular complexity index is 1040. The van der Waals surface area contributed by atoms with Crippen LogP contribution in [0.2, 0.25) is 0 Å². The second-order valence-corrected chi connectivity index (χ2v) is 7.28. The van der Waals surface area contributed by atoms with Gasteiger partial charge in [-0.25, -0.2) is 4.79 Å². The topological polar surface area (TPSA) is 56.4 Å². The average molecular weight is 359 g/mol. The van der Waals surface area contributed by atoms with Gasteiger partial charge >= 0.3 is 6.03 Å². The number of hydrogen-bond donors (Lipinski definition) is 1. The molecule has 2 aliphatic rings. The van der Waals surface area contributed by atoms with Crippen LogP contribution < -0.4 is 0 Å². The molecule has 1 saturated heterocycles. The standard InChI is InChI=1S/C22H21N3O2/c1-2-12-24-21(26)18-13-16-15-10-6-7-11-17(15)23-19(16)20(25(18)22(24)27)14-8-4-3-5-9-14/h3-11,18,20,23H,2,12-13H2,1H3/t18-,20+/m0/s1. The molecule has 0 unspecified atom stereocenters. The molecular weight excluding hydrogens is 338 g/mol. The summed E-state index contributed by atoms with van der Waals surface area (Å²) in [6.45, 7) is 2.46. The number of aromatic amines is 1. The fraction of sp³-hybridized carbons (Fsp3) is 0.273. The molecule has 0 saturated carbocycles. The Hall–Kier alpha value is -3.08. The Labute approximate surface area is 157 Å². The lowest BCUT2D eigenvalue weighted by atomic mass is 9.89. The lowest BCUT2D eigenvalue weighted by molar-refractivity contribution is -0.128. The Morgan fingerprint density at radius 3 is 2.56 bits per heavy atom. The summed E-state index contributed by atoms with van der Waals surface area (Å²) in [7, 11) is 0. The molecule has 2 aromatic carbocycles. The van der Waals surface area contributed by atoms with E-state index < -0.39 is 6.04 Å². The van der Waals surface area contributed by atoms with Crippen LogP contribution in [-0.4, -0.2) is 39.3 Å². The highest BCUT2D eigenvalue weighted by atomic mass is 16.2. The van der Waals surface area contributed by atoms with Gasteiger partial charge in [-0.05, 0) is 23.6 Å². The van der Waals surface area contributed by atoms with Crippen LogP contribution in [0.3, 0.4) is 0 Å². The lowest BCUT2D eigenvalue weighted by Gasteiger charge is -2.36. The minimum Gasteiger partial charge on any atom is -0.356 e. The summed E-state index contributed by atoms with van der Waals surface area (Å²) in [6, 6.07) is 17.3. The summed E-state index contributed by atoms with van der Waals surface area (Å²) in [6.07, 6.45) is 1.33. The monoisotopic (exact) mass is 359 g/mol. The van der Waals surface area contributed by atoms with Gasteiger partial charge in [-0.3, -0.25) is 14.6 Å². The first kappa shape index (κ1) is 16.1. The number of carbonyl (C=O) groups is 2. The molecule has 136 valence electrons. The van der Waals surface area contributed by atoms with E-state index in [1.165, 1.54) is 4.90 Å². The molecule has 2 atom stereocenters. The summed E-state index contributed by atoms with van der Waals surface area (Å²) >= 11 is 0. The zero-order valence-corrected chi connectivity index (χ0v) is 15.2. The van der Waals surface area contributed by atoms with Crippen LogP contribution in [0.25, 0.3) is 10.9 Å². The number of para-hydroxylation sites is 1. The van der Waals surface area contributed by atoms with Crippen LogP contribution in [0.5, 0.6) is 0 Å². The van der Waals surface area contributed by atoms with Crippen molar-refractivity contribution in [1.82, 2.24) is 14.8 Å². The number of carbonyl (C=O) groups excluding carboxylic acids is 2. The molecule has 0 radical (unpaired) electrons. The van der Waals surface area contributed by atoms with Crippen molar-refractivity contribution in [3.8, 4) is 0 Å². The van der Waals surface area contributed by atoms with Crippen LogP contribution >= 0.6 is 0 Å². The van der Waals surface area contributed by atoms with E-state index in [2.05, 4.69) is 11.1 Å². The zero-order valence-electron chi connectivity index (χ0n) is 15.2. The number of fused-ring (bicyclic) bond motifs is 4. The molecule has 1 N–H and O–H groups in total. The Morgan fingerprint density at radius 2 is 1.78 bits per heavy atom. The van der Waals surface area contributed by atoms with E-state index >= 15 is 0 Å². The lowest BCUT2D eigenvalue weighted by Crippen LogP contribution is -2.44. The summed E-state index contributed by atoms with van der Waals surface area (Å²) in [5.74, 6) is -0.0706. The molecule has 0 aliphatic carbocycles. The van der Waals surface area contributed by atoms with Gasteiger partial charge in [-0.2, -0.15) is 0 Å². The minimum atomic E-state index is -0.430. The smallest absolute Gasteiger partial charge is 0.328 e. The number of benzene rings is 2. The van der Waals surface area contributed by atoms with E-state index in [1.807, 2.05) is 55.5 Å². The maximum absolute atomic E-state index is 13.2. The molecule has 5 rings (SSSR count). The summed E-state index contributed by atoms with van der Waals surface area (Å²) < 4.78 is 0. The number of nitrogens with zero attached hydrogens (tertiary/aromatic N) is 2. The van der Waals surface area contributed by atoms with Crippen LogP contribution in [-0.2, 0) is 11.2 Å². The Morgan fingerprint density at radius 1 is 1.04 bits per heavy atom. The molecule has 1 fully saturated rings. The number of imide groups is 1. The SMILES string of the molecule is CCCN1C(=O)[C@@H]2Cc3c([nH]c4ccccc34)[C@@H](c3ccccc3)N2C1=O. The fourth-order valence-corrected chi connectivity index (χ4v) is 4.54. The van der Waals surface area contributed by atoms with Crippen molar-refractivity contribution in [2.24, 2.45) is 0 Å². The van der Waals surface area contributed by atoms with E-state index in [-0.39, 0.29) is 18.0 Å². The molecule has 1 aromatic heterocycles. The van der Waals surface area contributed by atoms with Gasteiger partial charge in [0, 0.05) is 29.6 Å². The number of urea groups is 1. The second-order valence-electron chi connectivity index (χ2n) is 7.28. The molecule has 2 aliphatic heterocycles. The van der Waals surface area contributed by atoms with Crippen molar-refractivity contribution in [1.29, 1.82) is 0 Å². The third-order valence-electron chi connectivity index (χ3n) is 5.70. The second kappa shape index (κ2) is 5.98. The average Bonchev–Trinajstić information content (AvgIpc) is 3.18. The van der Waals surface area contributed by atoms with E-state index in [0.717, 1.165) is 34.1 Å². The third kappa shape index (κ3) is 2.24. The molecule has 3 aromatic rings. The van der Waals surface area contributed by atoms with Gasteiger partial charge in [0.1, 0.15) is 12.1 Å². The van der Waals surface area contributed by atoms with Crippen molar-refractivity contribution >= 4 is 22.8 Å². The van der Waals surface area contributed by atoms with Crippen molar-refractivity contribution in [2.75, 3.05) is 6.54 Å². The predicted molar refractivity (Wildman–Crippen MR) is 103 cm³/mol. The molecule has 0 spiro atoms. The Balaban J connectivity index is 1.73. The number of aromatic nitrogens is 1. The highest BCUT2D eigenvalue weighted by Gasteiger charge is 2.52. The van der Waals surface area contributed by atoms with E-state index in [0.29, 0.717) is 13.0 Å². The van der Waals surface area contributed by atoms with Gasteiger partial charge < -0.3 is 4.98 Å². The van der Waals surface area contributed by atoms with Crippen molar-refractivity contribution in [3.05, 3.63) is 71.4 Å². The molecule has 27 heavy (non-hydrogen) atoms. The van der Waals surface area contributed by atoms with Gasteiger partial charge in [-0.1, -0.05) is 55.5 Å². The van der Waals surface area contributed by atoms with Gasteiger partial charge in [0.05, 0.1) is 0 Å². The fourth-order valence-electron chi connectivity index (χ4n) is 4.54. The molecule has 3 heterocycles. The van der Waals surface area contributed by atoms with Crippen LogP contribution in [0.15, 0.2) is 54.6 Å². The first-order valence-electron chi connectivity index (χ1n) is 9.48. The van der Waals surface area contributed by atoms with Gasteiger partial charge in [-0.15, -0.1) is 0 Å². The third-order valence-corrected chi connectivity index (χ3v) is 5.70. The first-order valence-corrected chi connectivity index (χ1v) is 9.48. The molecule has 0 bridgehead atoms. The number of H-pyrrole nitrogens is 1. The molecule has 5 heteroatoms. The molecule has 5 nitrogen and oxygen atoms in total. The van der Waals surface area contributed by atoms with E-state index in [4.69, 9.17) is 0 Å². The molecular formula is C22H21N3O2. The normalized spacial score (nSPS) is 21.7. The largest absolute Gasteiger partial charge is 0.356 e. The number of amides is 3. The highest BCUT2D eigenvalue weighted by Crippen LogP contribution is 2.43. The summed E-state index contributed by atoms with van der Waals surface area (Å²) in [4.78, 5) is 32.9. The predicted octanol–water partition coefficient (Wildman–Crippen LogP) is 3.86. The molecule has 3 amide bonds. The summed E-state index contributed by atoms with van der Waals surface area (Å²) in [5, 5.41) is 1.14. The highest BCUT2D eigenvalue weighted by molar-refractivity contribution is 6.05. The van der Waals surface area contributed by atoms with Gasteiger partial charge in [0.2, 0.25) is 0 Å². The van der Waals surface area contributed by atoms with E-state index in [9.17, 15) is 9.59 Å². The van der Waals surface area contributed by atoms with Crippen molar-refractivity contribution < 1.29 is 9.59 Å². The summed E-state index contributed by atoms with van der Waals surface area (Å²) in [5.41, 5.74) is 4.25. The van der Waals surface area contributed by atoms with Gasteiger partial charge in [0.25, 0.3) is 5.91 Å². The quantitative estimate of drug-likeness (QED) is 0.722. The first-order chi connectivity index (χ1) is 13.2. The number of nitrogens with one attached hydrogen (secondary N) is 1. The number of hydrogen-bond acceptors (Lipinski definition) is 2. The van der Waals surface area contributed by atoms with Crippen LogP contribution in [0.4, 0.5) is 4.79 Å². The van der Waals surface area contributed by atoms with Crippen LogP contribution in [0, 0.1) is 0 Å². The number of rotatable bonds is 3. The minimum absolute atomic E-state index is 0.0706. The van der Waals surface area contributed by atoms with Crippen molar-refractivity contribution in [3.63, 3.8) is 0 Å². The maximum Gasteiger partial charge on any atom is 0.328 e. The zero-order chi connectivity index (χ0) is 18.5. The Kier molecular flexibility index (Phi) is 3.57. The van der Waals surface area contributed by atoms with Crippen LogP contribution in [0.1, 0.15) is 36.2 Å². The maximum atomic E-state index is 13.2. The van der Waals surface area contributed by atoms with Gasteiger partial charge in [0.15, 0.2) is 0 Å².